The number of nitrogens with two attached hydrogens (primary N) is 1. The zero-order chi connectivity index (χ0) is 7.49. The minimum atomic E-state index is -3.99. The Morgan fingerprint density at radius 2 is 2.00 bits per heavy atom. The molecule has 54 valence electrons. The summed E-state index contributed by atoms with van der Waals surface area (Å²) in [7, 11) is -3.99. The SMILES string of the molecule is NS(=O)(=O)C(=O)CCCl. The second-order valence-corrected chi connectivity index (χ2v) is 3.28. The van der Waals surface area contributed by atoms with Crippen molar-refractivity contribution in [1.29, 1.82) is 0 Å². The van der Waals surface area contributed by atoms with Crippen LogP contribution in [0.4, 0.5) is 0 Å². The highest BCUT2D eigenvalue weighted by molar-refractivity contribution is 8.04. The number of carbonyl (C=O) groups excluding carboxylic acids is 1. The van der Waals surface area contributed by atoms with Gasteiger partial charge in [-0.1, -0.05) is 0 Å². The highest BCUT2D eigenvalue weighted by Crippen LogP contribution is 1.90. The third-order valence-corrected chi connectivity index (χ3v) is 1.64. The lowest BCUT2D eigenvalue weighted by molar-refractivity contribution is -0.111. The predicted octanol–water partition coefficient (Wildman–Crippen LogP) is -0.570. The largest absolute Gasteiger partial charge is 0.280 e. The van der Waals surface area contributed by atoms with Gasteiger partial charge in [0.2, 0.25) is 0 Å². The van der Waals surface area contributed by atoms with Gasteiger partial charge in [0.05, 0.1) is 0 Å². The molecule has 0 fully saturated rings. The van der Waals surface area contributed by atoms with Crippen LogP contribution in [0.2, 0.25) is 0 Å². The van der Waals surface area contributed by atoms with Crippen molar-refractivity contribution in [3.8, 4) is 0 Å². The highest BCUT2D eigenvalue weighted by Gasteiger charge is 2.14. The maximum Gasteiger partial charge on any atom is 0.271 e. The molecule has 0 saturated carbocycles. The molecule has 0 aliphatic carbocycles. The van der Waals surface area contributed by atoms with Crippen molar-refractivity contribution in [1.82, 2.24) is 0 Å². The van der Waals surface area contributed by atoms with Gasteiger partial charge in [0.15, 0.2) is 0 Å². The molecular formula is C3H6ClNO3S. The van der Waals surface area contributed by atoms with Crippen LogP contribution in [0.3, 0.4) is 0 Å². The van der Waals surface area contributed by atoms with E-state index in [1.54, 1.807) is 0 Å². The summed E-state index contributed by atoms with van der Waals surface area (Å²) in [6, 6.07) is 0. The molecule has 0 radical (unpaired) electrons. The Hall–Kier alpha value is -0.130. The van der Waals surface area contributed by atoms with E-state index in [0.29, 0.717) is 0 Å². The van der Waals surface area contributed by atoms with Gasteiger partial charge in [0.1, 0.15) is 0 Å². The number of halogens is 1. The number of hydrogen-bond acceptors (Lipinski definition) is 3. The Bertz CT molecular complexity index is 197. The monoisotopic (exact) mass is 171 g/mol. The number of hydrogen-bond donors (Lipinski definition) is 1. The Kier molecular flexibility index (Phi) is 3.10. The first-order valence-corrected chi connectivity index (χ1v) is 4.18. The maximum absolute atomic E-state index is 10.3. The van der Waals surface area contributed by atoms with Gasteiger partial charge >= 0.3 is 0 Å². The first-order valence-electron chi connectivity index (χ1n) is 2.10. The molecule has 0 rings (SSSR count). The summed E-state index contributed by atoms with van der Waals surface area (Å²) in [5, 5.41) is 3.41. The molecular weight excluding hydrogens is 166 g/mol. The molecule has 0 amide bonds. The smallest absolute Gasteiger partial charge is 0.271 e. The summed E-state index contributed by atoms with van der Waals surface area (Å²) in [5.41, 5.74) is 0. The molecule has 0 aliphatic rings. The van der Waals surface area contributed by atoms with Crippen LogP contribution in [0.25, 0.3) is 0 Å². The van der Waals surface area contributed by atoms with E-state index < -0.39 is 15.1 Å². The molecule has 0 spiro atoms. The number of rotatable bonds is 2. The van der Waals surface area contributed by atoms with Gasteiger partial charge in [0, 0.05) is 12.3 Å². The van der Waals surface area contributed by atoms with Crippen molar-refractivity contribution in [2.24, 2.45) is 5.14 Å². The molecule has 0 aromatic rings. The Balaban J connectivity index is 4.08. The Labute approximate surface area is 58.0 Å². The summed E-state index contributed by atoms with van der Waals surface area (Å²) in [6.45, 7) is 0. The first kappa shape index (κ1) is 8.87. The van der Waals surface area contributed by atoms with Crippen LogP contribution >= 0.6 is 11.6 Å². The highest BCUT2D eigenvalue weighted by atomic mass is 35.5. The lowest BCUT2D eigenvalue weighted by atomic mass is 10.6. The van der Waals surface area contributed by atoms with E-state index >= 15 is 0 Å². The van der Waals surface area contributed by atoms with Gasteiger partial charge in [-0.15, -0.1) is 11.6 Å². The van der Waals surface area contributed by atoms with Gasteiger partial charge in [-0.25, -0.2) is 13.6 Å². The molecule has 0 bridgehead atoms. The molecule has 0 aliphatic heterocycles. The maximum atomic E-state index is 10.3. The van der Waals surface area contributed by atoms with E-state index in [1.165, 1.54) is 0 Å². The summed E-state index contributed by atoms with van der Waals surface area (Å²) >= 11 is 5.06. The Morgan fingerprint density at radius 3 is 2.11 bits per heavy atom. The van der Waals surface area contributed by atoms with Crippen LogP contribution in [-0.2, 0) is 14.8 Å². The second-order valence-electron chi connectivity index (χ2n) is 1.36. The molecule has 6 heteroatoms. The Morgan fingerprint density at radius 1 is 1.56 bits per heavy atom. The molecule has 0 atom stereocenters. The number of sulfonamides is 1. The van der Waals surface area contributed by atoms with Crippen molar-refractivity contribution in [2.75, 3.05) is 5.88 Å². The normalized spacial score (nSPS) is 11.3. The van der Waals surface area contributed by atoms with E-state index in [4.69, 9.17) is 11.6 Å². The van der Waals surface area contributed by atoms with Crippen molar-refractivity contribution in [2.45, 2.75) is 6.42 Å². The lowest BCUT2D eigenvalue weighted by Crippen LogP contribution is -2.23. The number of alkyl halides is 1. The van der Waals surface area contributed by atoms with Crippen LogP contribution in [0.5, 0.6) is 0 Å². The molecule has 0 aromatic carbocycles. The molecule has 0 saturated heterocycles. The molecule has 0 heterocycles. The molecule has 9 heavy (non-hydrogen) atoms. The average Bonchev–Trinajstić information content (AvgIpc) is 1.64. The fourth-order valence-electron chi connectivity index (χ4n) is 0.219. The summed E-state index contributed by atoms with van der Waals surface area (Å²) in [5.74, 6) is -0.0186. The number of carbonyl (C=O) groups is 1. The quantitative estimate of drug-likeness (QED) is 0.566. The minimum Gasteiger partial charge on any atom is -0.280 e. The zero-order valence-corrected chi connectivity index (χ0v) is 6.07. The summed E-state index contributed by atoms with van der Waals surface area (Å²) < 4.78 is 20.2. The van der Waals surface area contributed by atoms with Crippen molar-refractivity contribution in [3.63, 3.8) is 0 Å². The third kappa shape index (κ3) is 3.45. The molecule has 0 unspecified atom stereocenters. The van der Waals surface area contributed by atoms with E-state index in [9.17, 15) is 13.2 Å². The molecule has 2 N–H and O–H groups in total. The van der Waals surface area contributed by atoms with Gasteiger partial charge in [-0.3, -0.25) is 4.79 Å². The van der Waals surface area contributed by atoms with Crippen molar-refractivity contribution in [3.05, 3.63) is 0 Å². The van der Waals surface area contributed by atoms with Crippen LogP contribution < -0.4 is 5.14 Å². The fourth-order valence-corrected chi connectivity index (χ4v) is 0.890. The average molecular weight is 172 g/mol. The predicted molar refractivity (Wildman–Crippen MR) is 33.5 cm³/mol. The van der Waals surface area contributed by atoms with Crippen LogP contribution in [0, 0.1) is 0 Å². The first-order chi connectivity index (χ1) is 3.98. The fraction of sp³-hybridized carbons (Fsp3) is 0.667. The van der Waals surface area contributed by atoms with Gasteiger partial charge < -0.3 is 0 Å². The summed E-state index contributed by atoms with van der Waals surface area (Å²) in [6.07, 6.45) is -0.222. The van der Waals surface area contributed by atoms with Crippen LogP contribution in [-0.4, -0.2) is 19.4 Å². The molecule has 4 nitrogen and oxygen atoms in total. The molecule has 0 aromatic heterocycles. The topological polar surface area (TPSA) is 77.2 Å². The summed E-state index contributed by atoms with van der Waals surface area (Å²) in [4.78, 5) is 10.3. The van der Waals surface area contributed by atoms with Crippen molar-refractivity contribution < 1.29 is 13.2 Å². The second kappa shape index (κ2) is 3.14. The van der Waals surface area contributed by atoms with E-state index in [2.05, 4.69) is 5.14 Å². The standard InChI is InChI=1S/C3H6ClNO3S/c4-2-1-3(6)9(5,7)8/h1-2H2,(H2,5,7,8). The van der Waals surface area contributed by atoms with Gasteiger partial charge in [-0.2, -0.15) is 0 Å². The van der Waals surface area contributed by atoms with Crippen molar-refractivity contribution >= 4 is 26.7 Å². The van der Waals surface area contributed by atoms with Crippen LogP contribution in [0.1, 0.15) is 6.42 Å². The third-order valence-electron chi connectivity index (χ3n) is 0.616. The van der Waals surface area contributed by atoms with E-state index in [-0.39, 0.29) is 12.3 Å². The van der Waals surface area contributed by atoms with Gasteiger partial charge in [0.25, 0.3) is 15.1 Å². The lowest BCUT2D eigenvalue weighted by Gasteiger charge is -1.90. The minimum absolute atomic E-state index is 0.0186. The number of primary sulfonamides is 1. The van der Waals surface area contributed by atoms with E-state index in [1.807, 2.05) is 0 Å². The van der Waals surface area contributed by atoms with E-state index in [0.717, 1.165) is 0 Å². The zero-order valence-electron chi connectivity index (χ0n) is 4.50. The van der Waals surface area contributed by atoms with Gasteiger partial charge in [-0.05, 0) is 0 Å². The van der Waals surface area contributed by atoms with Crippen LogP contribution in [0.15, 0.2) is 0 Å².